The zero-order chi connectivity index (χ0) is 18.7. The van der Waals surface area contributed by atoms with Gasteiger partial charge in [0.1, 0.15) is 0 Å². The molecule has 0 radical (unpaired) electrons. The lowest BCUT2D eigenvalue weighted by atomic mass is 9.98. The van der Waals surface area contributed by atoms with Gasteiger partial charge in [0.2, 0.25) is 5.78 Å². The summed E-state index contributed by atoms with van der Waals surface area (Å²) in [5.74, 6) is -0.972. The summed E-state index contributed by atoms with van der Waals surface area (Å²) in [5, 5.41) is 10.8. The van der Waals surface area contributed by atoms with Gasteiger partial charge in [-0.2, -0.15) is 0 Å². The number of hydrogen-bond acceptors (Lipinski definition) is 5. The first-order chi connectivity index (χ1) is 11.7. The van der Waals surface area contributed by atoms with Gasteiger partial charge in [-0.15, -0.1) is 0 Å². The average Bonchev–Trinajstić information content (AvgIpc) is 2.55. The molecule has 2 rings (SSSR count). The summed E-state index contributed by atoms with van der Waals surface area (Å²) in [6.45, 7) is 6.88. The number of carbonyl (C=O) groups excluding carboxylic acids is 2. The first kappa shape index (κ1) is 18.3. The number of Topliss-reactive ketones (excluding diaryl/α,β-unsaturated/α-hetero) is 1. The number of nitro benzene ring substituents is 1. The highest BCUT2D eigenvalue weighted by Crippen LogP contribution is 2.20. The van der Waals surface area contributed by atoms with Crippen LogP contribution in [0.1, 0.15) is 43.0 Å². The van der Waals surface area contributed by atoms with E-state index in [-0.39, 0.29) is 23.6 Å². The normalized spacial score (nSPS) is 10.4. The van der Waals surface area contributed by atoms with Gasteiger partial charge in [-0.3, -0.25) is 14.9 Å². The first-order valence-electron chi connectivity index (χ1n) is 7.74. The summed E-state index contributed by atoms with van der Waals surface area (Å²) in [6, 6.07) is 7.66. The number of rotatable bonds is 5. The highest BCUT2D eigenvalue weighted by atomic mass is 16.6. The van der Waals surface area contributed by atoms with Gasteiger partial charge in [0.05, 0.1) is 10.5 Å². The molecule has 0 fully saturated rings. The minimum absolute atomic E-state index is 0.0709. The molecule has 130 valence electrons. The smallest absolute Gasteiger partial charge is 0.338 e. The van der Waals surface area contributed by atoms with Crippen LogP contribution >= 0.6 is 0 Å². The van der Waals surface area contributed by atoms with Crippen LogP contribution < -0.4 is 0 Å². The monoisotopic (exact) mass is 341 g/mol. The van der Waals surface area contributed by atoms with E-state index in [1.807, 2.05) is 26.8 Å². The van der Waals surface area contributed by atoms with E-state index in [2.05, 4.69) is 0 Å². The Labute approximate surface area is 145 Å². The van der Waals surface area contributed by atoms with Crippen molar-refractivity contribution in [3.8, 4) is 0 Å². The SMILES string of the molecule is Cc1cc(C)c(C(=O)COC(=O)c2ccc([N+](=O)[O-])c(C)c2)cc1C. The fourth-order valence-electron chi connectivity index (χ4n) is 2.54. The van der Waals surface area contributed by atoms with Gasteiger partial charge < -0.3 is 4.74 Å². The molecule has 0 aliphatic rings. The number of carbonyl (C=O) groups is 2. The fraction of sp³-hybridized carbons (Fsp3) is 0.263. The average molecular weight is 341 g/mol. The van der Waals surface area contributed by atoms with E-state index in [1.165, 1.54) is 18.2 Å². The maximum atomic E-state index is 12.3. The number of esters is 1. The maximum Gasteiger partial charge on any atom is 0.338 e. The van der Waals surface area contributed by atoms with Gasteiger partial charge in [-0.05, 0) is 62.6 Å². The summed E-state index contributed by atoms with van der Waals surface area (Å²) < 4.78 is 5.07. The van der Waals surface area contributed by atoms with Crippen molar-refractivity contribution in [1.82, 2.24) is 0 Å². The van der Waals surface area contributed by atoms with Gasteiger partial charge in [0.25, 0.3) is 5.69 Å². The minimum Gasteiger partial charge on any atom is -0.454 e. The van der Waals surface area contributed by atoms with Gasteiger partial charge in [-0.25, -0.2) is 4.79 Å². The molecule has 6 heteroatoms. The Hall–Kier alpha value is -3.02. The second-order valence-electron chi connectivity index (χ2n) is 6.01. The van der Waals surface area contributed by atoms with E-state index in [4.69, 9.17) is 4.74 Å². The van der Waals surface area contributed by atoms with Crippen molar-refractivity contribution in [2.24, 2.45) is 0 Å². The largest absolute Gasteiger partial charge is 0.454 e. The Morgan fingerprint density at radius 1 is 0.960 bits per heavy atom. The molecule has 0 aliphatic heterocycles. The zero-order valence-corrected chi connectivity index (χ0v) is 14.6. The molecular formula is C19H19NO5. The van der Waals surface area contributed by atoms with E-state index in [9.17, 15) is 19.7 Å². The van der Waals surface area contributed by atoms with Crippen LogP contribution in [0.25, 0.3) is 0 Å². The highest BCUT2D eigenvalue weighted by Gasteiger charge is 2.17. The number of benzene rings is 2. The topological polar surface area (TPSA) is 86.5 Å². The molecule has 0 bridgehead atoms. The summed E-state index contributed by atoms with van der Waals surface area (Å²) in [7, 11) is 0. The third-order valence-electron chi connectivity index (χ3n) is 4.10. The molecule has 0 spiro atoms. The van der Waals surface area contributed by atoms with E-state index in [0.717, 1.165) is 16.7 Å². The standard InChI is InChI=1S/C19H19NO5/c1-11-7-13(3)16(9-12(11)2)18(21)10-25-19(22)15-5-6-17(20(23)24)14(4)8-15/h5-9H,10H2,1-4H3. The van der Waals surface area contributed by atoms with Crippen molar-refractivity contribution in [1.29, 1.82) is 0 Å². The van der Waals surface area contributed by atoms with Crippen molar-refractivity contribution in [2.45, 2.75) is 27.7 Å². The molecule has 0 saturated heterocycles. The summed E-state index contributed by atoms with van der Waals surface area (Å²) in [5.41, 5.74) is 3.90. The highest BCUT2D eigenvalue weighted by molar-refractivity contribution is 6.00. The molecular weight excluding hydrogens is 322 g/mol. The van der Waals surface area contributed by atoms with Crippen LogP contribution in [0, 0.1) is 37.8 Å². The Morgan fingerprint density at radius 3 is 2.20 bits per heavy atom. The molecule has 0 amide bonds. The van der Waals surface area contributed by atoms with Crippen LogP contribution in [-0.4, -0.2) is 23.3 Å². The van der Waals surface area contributed by atoms with Crippen LogP contribution in [0.2, 0.25) is 0 Å². The molecule has 0 aromatic heterocycles. The Bertz CT molecular complexity index is 870. The molecule has 2 aromatic carbocycles. The fourth-order valence-corrected chi connectivity index (χ4v) is 2.54. The summed E-state index contributed by atoms with van der Waals surface area (Å²) >= 11 is 0. The quantitative estimate of drug-likeness (QED) is 0.357. The maximum absolute atomic E-state index is 12.3. The van der Waals surface area contributed by atoms with Crippen LogP contribution in [-0.2, 0) is 4.74 Å². The van der Waals surface area contributed by atoms with Crippen LogP contribution in [0.3, 0.4) is 0 Å². The predicted molar refractivity (Wildman–Crippen MR) is 93.1 cm³/mol. The van der Waals surface area contributed by atoms with E-state index in [1.54, 1.807) is 13.0 Å². The molecule has 0 atom stereocenters. The molecule has 0 saturated carbocycles. The minimum atomic E-state index is -0.687. The van der Waals surface area contributed by atoms with Crippen LogP contribution in [0.15, 0.2) is 30.3 Å². The third-order valence-corrected chi connectivity index (χ3v) is 4.10. The van der Waals surface area contributed by atoms with Crippen molar-refractivity contribution < 1.29 is 19.2 Å². The van der Waals surface area contributed by atoms with Crippen LogP contribution in [0.5, 0.6) is 0 Å². The lowest BCUT2D eigenvalue weighted by Crippen LogP contribution is -2.15. The number of aryl methyl sites for hydroxylation is 4. The number of ether oxygens (including phenoxy) is 1. The van der Waals surface area contributed by atoms with Crippen LogP contribution in [0.4, 0.5) is 5.69 Å². The number of nitrogens with zero attached hydrogens (tertiary/aromatic N) is 1. The first-order valence-corrected chi connectivity index (χ1v) is 7.74. The molecule has 0 heterocycles. The van der Waals surface area contributed by atoms with Crippen molar-refractivity contribution in [2.75, 3.05) is 6.61 Å². The summed E-state index contributed by atoms with van der Waals surface area (Å²) in [6.07, 6.45) is 0. The van der Waals surface area contributed by atoms with Gasteiger partial charge in [-0.1, -0.05) is 6.07 Å². The number of hydrogen-bond donors (Lipinski definition) is 0. The molecule has 6 nitrogen and oxygen atoms in total. The molecule has 0 unspecified atom stereocenters. The van der Waals surface area contributed by atoms with E-state index in [0.29, 0.717) is 11.1 Å². The van der Waals surface area contributed by atoms with E-state index >= 15 is 0 Å². The molecule has 0 N–H and O–H groups in total. The zero-order valence-electron chi connectivity index (χ0n) is 14.6. The van der Waals surface area contributed by atoms with Gasteiger partial charge in [0.15, 0.2) is 6.61 Å². The van der Waals surface area contributed by atoms with Crippen molar-refractivity contribution in [3.63, 3.8) is 0 Å². The number of ketones is 1. The Morgan fingerprint density at radius 2 is 1.60 bits per heavy atom. The third kappa shape index (κ3) is 4.09. The predicted octanol–water partition coefficient (Wildman–Crippen LogP) is 3.87. The number of nitro groups is 1. The Balaban J connectivity index is 2.10. The molecule has 0 aliphatic carbocycles. The van der Waals surface area contributed by atoms with Gasteiger partial charge in [0, 0.05) is 17.2 Å². The molecule has 25 heavy (non-hydrogen) atoms. The Kier molecular flexibility index (Phi) is 5.32. The van der Waals surface area contributed by atoms with Gasteiger partial charge >= 0.3 is 5.97 Å². The van der Waals surface area contributed by atoms with Crippen molar-refractivity contribution >= 4 is 17.4 Å². The lowest BCUT2D eigenvalue weighted by molar-refractivity contribution is -0.385. The second-order valence-corrected chi connectivity index (χ2v) is 6.01. The van der Waals surface area contributed by atoms with Crippen molar-refractivity contribution in [3.05, 3.63) is 73.8 Å². The van der Waals surface area contributed by atoms with E-state index < -0.39 is 10.9 Å². The summed E-state index contributed by atoms with van der Waals surface area (Å²) in [4.78, 5) is 34.7. The second kappa shape index (κ2) is 7.25. The lowest BCUT2D eigenvalue weighted by Gasteiger charge is -2.10. The molecule has 2 aromatic rings.